The summed E-state index contributed by atoms with van der Waals surface area (Å²) in [5.74, 6) is -6.97. The van der Waals surface area contributed by atoms with Crippen molar-refractivity contribution in [1.82, 2.24) is 21.3 Å². The molecule has 18 heteroatoms. The molecule has 11 N–H and O–H groups in total. The zero-order valence-corrected chi connectivity index (χ0v) is 25.3. The molecule has 1 aromatic carbocycles. The predicted octanol–water partition coefficient (Wildman–Crippen LogP) is -2.96. The molecule has 1 aliphatic rings. The van der Waals surface area contributed by atoms with E-state index in [0.717, 1.165) is 12.1 Å². The number of ether oxygens (including phenoxy) is 1. The molecule has 8 unspecified atom stereocenters. The van der Waals surface area contributed by atoms with Crippen molar-refractivity contribution in [3.63, 3.8) is 0 Å². The number of carbonyl (C=O) groups excluding carboxylic acids is 3. The van der Waals surface area contributed by atoms with Crippen LogP contribution in [0, 0.1) is 0 Å². The Hall–Kier alpha value is -3.84. The molecule has 0 aliphatic carbocycles. The smallest absolute Gasteiger partial charge is 0.322 e. The summed E-state index contributed by atoms with van der Waals surface area (Å²) >= 11 is 0. The van der Waals surface area contributed by atoms with Crippen LogP contribution in [0.4, 0.5) is 0 Å². The van der Waals surface area contributed by atoms with Crippen molar-refractivity contribution in [2.24, 2.45) is 5.73 Å². The van der Waals surface area contributed by atoms with Crippen LogP contribution in [0.15, 0.2) is 17.0 Å². The lowest BCUT2D eigenvalue weighted by molar-refractivity contribution is -0.140. The summed E-state index contributed by atoms with van der Waals surface area (Å²) in [7, 11) is -0.866. The van der Waals surface area contributed by atoms with Gasteiger partial charge in [0.15, 0.2) is 11.5 Å². The van der Waals surface area contributed by atoms with Crippen LogP contribution in [0.1, 0.15) is 45.3 Å². The molecule has 2 bridgehead atoms. The van der Waals surface area contributed by atoms with Gasteiger partial charge in [-0.15, -0.1) is 0 Å². The molecule has 0 radical (unpaired) electrons. The summed E-state index contributed by atoms with van der Waals surface area (Å²) in [6.45, 7) is 3.51. The molecule has 246 valence electrons. The molecule has 3 amide bonds. The van der Waals surface area contributed by atoms with Crippen molar-refractivity contribution >= 4 is 40.5 Å². The number of hydrogen-bond acceptors (Lipinski definition) is 12. The second-order valence-corrected chi connectivity index (χ2v) is 11.9. The molecule has 0 aromatic heterocycles. The van der Waals surface area contributed by atoms with E-state index in [-0.39, 0.29) is 22.6 Å². The van der Waals surface area contributed by atoms with Gasteiger partial charge in [0.1, 0.15) is 42.4 Å². The van der Waals surface area contributed by atoms with Crippen LogP contribution < -0.4 is 31.7 Å². The maximum atomic E-state index is 13.4. The van der Waals surface area contributed by atoms with Gasteiger partial charge in [0.05, 0.1) is 22.7 Å². The highest BCUT2D eigenvalue weighted by Gasteiger charge is 2.44. The van der Waals surface area contributed by atoms with E-state index in [1.807, 2.05) is 0 Å². The summed E-state index contributed by atoms with van der Waals surface area (Å²) < 4.78 is 19.5. The Balaban J connectivity index is 2.71. The average Bonchev–Trinajstić information content (AvgIpc) is 2.94. The zero-order chi connectivity index (χ0) is 33.5. The van der Waals surface area contributed by atoms with E-state index in [4.69, 9.17) is 20.7 Å². The number of hydrogen-bond donors (Lipinski definition) is 10. The zero-order valence-electron chi connectivity index (χ0n) is 24.5. The lowest BCUT2D eigenvalue weighted by atomic mass is 9.91. The molecule has 1 aromatic rings. The lowest BCUT2D eigenvalue weighted by Crippen LogP contribution is -2.64. The lowest BCUT2D eigenvalue weighted by Gasteiger charge is -2.37. The van der Waals surface area contributed by atoms with Gasteiger partial charge < -0.3 is 57.3 Å². The van der Waals surface area contributed by atoms with E-state index >= 15 is 0 Å². The fourth-order valence-electron chi connectivity index (χ4n) is 4.40. The molecule has 0 spiro atoms. The number of fused-ring (bicyclic) bond motifs is 2. The Labute approximate surface area is 255 Å². The van der Waals surface area contributed by atoms with Crippen molar-refractivity contribution < 1.29 is 58.5 Å². The molecule has 1 aliphatic heterocycles. The topological polar surface area (TPSA) is 287 Å². The van der Waals surface area contributed by atoms with Crippen molar-refractivity contribution in [2.45, 2.75) is 80.5 Å². The molecule has 0 saturated carbocycles. The first-order chi connectivity index (χ1) is 20.4. The molecule has 1 heterocycles. The number of carboxylic acids is 2. The second-order valence-electron chi connectivity index (χ2n) is 10.5. The molecule has 2 rings (SSSR count). The summed E-state index contributed by atoms with van der Waals surface area (Å²) in [6, 6.07) is -3.70. The van der Waals surface area contributed by atoms with Crippen LogP contribution in [0.3, 0.4) is 0 Å². The van der Waals surface area contributed by atoms with Crippen LogP contribution in [0.2, 0.25) is 0 Å². The number of aromatic hydroxyl groups is 1. The maximum Gasteiger partial charge on any atom is 0.322 e. The third-order valence-corrected chi connectivity index (χ3v) is 8.65. The Morgan fingerprint density at radius 3 is 2.36 bits per heavy atom. The van der Waals surface area contributed by atoms with Crippen LogP contribution in [-0.4, -0.2) is 115 Å². The van der Waals surface area contributed by atoms with Crippen LogP contribution >= 0.6 is 0 Å². The Kier molecular flexibility index (Phi) is 12.6. The van der Waals surface area contributed by atoms with E-state index in [0.29, 0.717) is 0 Å². The highest BCUT2D eigenvalue weighted by atomic mass is 32.2. The van der Waals surface area contributed by atoms with Crippen LogP contribution in [0.25, 0.3) is 0 Å². The number of aliphatic hydroxyl groups is 2. The summed E-state index contributed by atoms with van der Waals surface area (Å²) in [5.41, 5.74) is 3.59. The molecule has 44 heavy (non-hydrogen) atoms. The number of carbonyl (C=O) groups is 5. The van der Waals surface area contributed by atoms with E-state index in [1.54, 1.807) is 6.92 Å². The molecule has 0 fully saturated rings. The Morgan fingerprint density at radius 1 is 1.18 bits per heavy atom. The minimum atomic E-state index is -2.20. The largest absolute Gasteiger partial charge is 0.504 e. The van der Waals surface area contributed by atoms with E-state index in [9.17, 15) is 43.5 Å². The van der Waals surface area contributed by atoms with Crippen molar-refractivity contribution in [3.05, 3.63) is 17.7 Å². The molecular formula is C26H39N5O12S. The average molecular weight is 646 g/mol. The fraction of sp³-hybridized carbons (Fsp3) is 0.577. The first kappa shape index (κ1) is 36.4. The van der Waals surface area contributed by atoms with Crippen LogP contribution in [0.5, 0.6) is 11.5 Å². The second kappa shape index (κ2) is 15.2. The number of phenolic OH excluding ortho intramolecular Hbond substituents is 1. The number of rotatable bonds is 11. The van der Waals surface area contributed by atoms with Crippen molar-refractivity contribution in [3.8, 4) is 11.5 Å². The number of carboxylic acid groups (broad SMARTS) is 2. The van der Waals surface area contributed by atoms with Gasteiger partial charge in [-0.25, -0.2) is 0 Å². The van der Waals surface area contributed by atoms with Gasteiger partial charge in [0, 0.05) is 22.9 Å². The molecule has 17 nitrogen and oxygen atoms in total. The normalized spacial score (nSPS) is 26.2. The van der Waals surface area contributed by atoms with Gasteiger partial charge in [0.25, 0.3) is 0 Å². The third kappa shape index (κ3) is 8.85. The fourth-order valence-corrected chi connectivity index (χ4v) is 5.75. The number of amides is 3. The van der Waals surface area contributed by atoms with Gasteiger partial charge in [-0.1, -0.05) is 6.92 Å². The number of nitrogens with two attached hydrogens (primary N) is 1. The summed E-state index contributed by atoms with van der Waals surface area (Å²) in [4.78, 5) is 61.3. The standard InChI is InChI=1S/C26H39N5O12S/c1-5-26(3)21(24(39)29-9-18(34)35)31-22(37)11(2)30-23(38)19(28-4)20(36)13-7-16(43-26)15(33)8-17(13)44(42)10-12(32)6-14(27)25(40)41/h7-8,11-12,14,19-21,28,32-33,36H,5-6,9-10,27H2,1-4H3,(H,29,39)(H,30,38)(H,31,37)(H,34,35)(H,40,41). The minimum absolute atomic E-state index is 0.000642. The first-order valence-electron chi connectivity index (χ1n) is 13.5. The minimum Gasteiger partial charge on any atom is -0.504 e. The van der Waals surface area contributed by atoms with Gasteiger partial charge in [0.2, 0.25) is 17.7 Å². The SMILES string of the molecule is CCC1(C)Oc2cc(c(S(=O)CC(O)CC(N)C(=O)O)cc2O)C(O)C(NC)C(=O)NC(C)C(=O)NC1C(=O)NCC(=O)O. The number of likely N-dealkylation sites (N-methyl/N-ethyl adjacent to an activating group) is 1. The van der Waals surface area contributed by atoms with Crippen molar-refractivity contribution in [1.29, 1.82) is 0 Å². The Bertz CT molecular complexity index is 1300. The van der Waals surface area contributed by atoms with E-state index < -0.39 is 107 Å². The van der Waals surface area contributed by atoms with Gasteiger partial charge in [-0.2, -0.15) is 0 Å². The number of aliphatic carboxylic acids is 2. The summed E-state index contributed by atoms with van der Waals surface area (Å²) in [6.07, 6.45) is -3.70. The number of phenols is 1. The maximum absolute atomic E-state index is 13.4. The quantitative estimate of drug-likeness (QED) is 0.115. The highest BCUT2D eigenvalue weighted by Crippen LogP contribution is 2.39. The molecule has 0 saturated heterocycles. The monoisotopic (exact) mass is 645 g/mol. The van der Waals surface area contributed by atoms with Crippen LogP contribution in [-0.2, 0) is 34.8 Å². The Morgan fingerprint density at radius 2 is 1.82 bits per heavy atom. The number of aliphatic hydroxyl groups excluding tert-OH is 2. The van der Waals surface area contributed by atoms with E-state index in [2.05, 4.69) is 21.3 Å². The van der Waals surface area contributed by atoms with E-state index in [1.165, 1.54) is 20.9 Å². The first-order valence-corrected chi connectivity index (χ1v) is 14.8. The summed E-state index contributed by atoms with van der Waals surface area (Å²) in [5, 5.41) is 60.3. The van der Waals surface area contributed by atoms with Crippen molar-refractivity contribution in [2.75, 3.05) is 19.3 Å². The van der Waals surface area contributed by atoms with Gasteiger partial charge in [-0.05, 0) is 33.4 Å². The highest BCUT2D eigenvalue weighted by molar-refractivity contribution is 7.85. The van der Waals surface area contributed by atoms with Gasteiger partial charge >= 0.3 is 11.9 Å². The third-order valence-electron chi connectivity index (χ3n) is 7.12. The predicted molar refractivity (Wildman–Crippen MR) is 153 cm³/mol. The molecular weight excluding hydrogens is 606 g/mol. The number of benzene rings is 1. The number of nitrogens with one attached hydrogen (secondary N) is 4. The van der Waals surface area contributed by atoms with Gasteiger partial charge in [-0.3, -0.25) is 28.2 Å². The molecule has 8 atom stereocenters.